The molecule has 10 aromatic carbocycles. The van der Waals surface area contributed by atoms with Crippen LogP contribution in [-0.2, 0) is 0 Å². The van der Waals surface area contributed by atoms with Gasteiger partial charge in [-0.25, -0.2) is 0 Å². The standard InChI is InChI=1S/C50H30O/c1-2-13-31(14-3-1)35-22-10-17-32-27-28-36-37(47(32)35)23-11-24-38(36)48-39-18-6-8-20-41(39)49(42-21-9-7-19-40(42)48)43-25-12-26-45-50(43)44-29-33-15-4-5-16-34(33)30-46(44)51-45/h1-30H. The molecule has 0 unspecified atom stereocenters. The maximum atomic E-state index is 6.56. The van der Waals surface area contributed by atoms with Crippen molar-refractivity contribution in [3.63, 3.8) is 0 Å². The first-order chi connectivity index (χ1) is 25.3. The molecule has 0 bridgehead atoms. The van der Waals surface area contributed by atoms with Crippen LogP contribution in [0.3, 0.4) is 0 Å². The summed E-state index contributed by atoms with van der Waals surface area (Å²) in [6, 6.07) is 66.3. The number of fused-ring (bicyclic) bond motifs is 9. The molecule has 0 spiro atoms. The predicted molar refractivity (Wildman–Crippen MR) is 218 cm³/mol. The van der Waals surface area contributed by atoms with Crippen LogP contribution in [0.15, 0.2) is 186 Å². The van der Waals surface area contributed by atoms with E-state index in [0.29, 0.717) is 0 Å². The number of hydrogen-bond donors (Lipinski definition) is 0. The van der Waals surface area contributed by atoms with E-state index in [-0.39, 0.29) is 0 Å². The van der Waals surface area contributed by atoms with Crippen LogP contribution in [0.25, 0.3) is 109 Å². The molecule has 1 nitrogen and oxygen atoms in total. The first kappa shape index (κ1) is 28.2. The van der Waals surface area contributed by atoms with Gasteiger partial charge in [-0.15, -0.1) is 0 Å². The highest BCUT2D eigenvalue weighted by Gasteiger charge is 2.21. The Morgan fingerprint density at radius 3 is 1.57 bits per heavy atom. The highest BCUT2D eigenvalue weighted by Crippen LogP contribution is 2.49. The van der Waals surface area contributed by atoms with Gasteiger partial charge in [0.1, 0.15) is 11.2 Å². The van der Waals surface area contributed by atoms with Crippen LogP contribution in [0.5, 0.6) is 0 Å². The van der Waals surface area contributed by atoms with Crippen molar-refractivity contribution >= 4 is 75.8 Å². The molecule has 1 aromatic heterocycles. The van der Waals surface area contributed by atoms with E-state index in [1.54, 1.807) is 0 Å². The average Bonchev–Trinajstić information content (AvgIpc) is 3.56. The lowest BCUT2D eigenvalue weighted by molar-refractivity contribution is 0.669. The topological polar surface area (TPSA) is 13.1 Å². The fourth-order valence-electron chi connectivity index (χ4n) is 8.65. The van der Waals surface area contributed by atoms with Gasteiger partial charge in [-0.05, 0) is 105 Å². The monoisotopic (exact) mass is 646 g/mol. The number of furan rings is 1. The zero-order valence-corrected chi connectivity index (χ0v) is 27.7. The summed E-state index contributed by atoms with van der Waals surface area (Å²) in [7, 11) is 0. The fourth-order valence-corrected chi connectivity index (χ4v) is 8.65. The lowest BCUT2D eigenvalue weighted by Crippen LogP contribution is -1.92. The first-order valence-electron chi connectivity index (χ1n) is 17.6. The van der Waals surface area contributed by atoms with E-state index in [4.69, 9.17) is 4.42 Å². The molecule has 0 aliphatic carbocycles. The number of rotatable bonds is 3. The van der Waals surface area contributed by atoms with Gasteiger partial charge in [0, 0.05) is 10.8 Å². The van der Waals surface area contributed by atoms with Gasteiger partial charge in [-0.3, -0.25) is 0 Å². The third-order valence-electron chi connectivity index (χ3n) is 10.8. The Morgan fingerprint density at radius 2 is 0.824 bits per heavy atom. The van der Waals surface area contributed by atoms with E-state index in [0.717, 1.165) is 21.9 Å². The molecule has 236 valence electrons. The van der Waals surface area contributed by atoms with Crippen molar-refractivity contribution in [2.24, 2.45) is 0 Å². The van der Waals surface area contributed by atoms with Crippen LogP contribution in [0.1, 0.15) is 0 Å². The second kappa shape index (κ2) is 10.9. The molecule has 0 saturated carbocycles. The number of benzene rings is 10. The summed E-state index contributed by atoms with van der Waals surface area (Å²) < 4.78 is 6.56. The second-order valence-electron chi connectivity index (χ2n) is 13.6. The average molecular weight is 647 g/mol. The largest absolute Gasteiger partial charge is 0.456 e. The van der Waals surface area contributed by atoms with Gasteiger partial charge in [0.2, 0.25) is 0 Å². The minimum absolute atomic E-state index is 0.908. The molecule has 0 radical (unpaired) electrons. The van der Waals surface area contributed by atoms with E-state index < -0.39 is 0 Å². The van der Waals surface area contributed by atoms with E-state index in [1.165, 1.54) is 87.2 Å². The molecular weight excluding hydrogens is 617 g/mol. The van der Waals surface area contributed by atoms with Gasteiger partial charge >= 0.3 is 0 Å². The predicted octanol–water partition coefficient (Wildman–Crippen LogP) is 14.4. The highest BCUT2D eigenvalue weighted by atomic mass is 16.3. The zero-order valence-electron chi connectivity index (χ0n) is 27.7. The Balaban J connectivity index is 1.25. The Morgan fingerprint density at radius 1 is 0.275 bits per heavy atom. The summed E-state index contributed by atoms with van der Waals surface area (Å²) in [5, 5.41) is 14.7. The smallest absolute Gasteiger partial charge is 0.136 e. The Kier molecular flexibility index (Phi) is 6.02. The maximum Gasteiger partial charge on any atom is 0.136 e. The van der Waals surface area contributed by atoms with Crippen molar-refractivity contribution in [3.05, 3.63) is 182 Å². The Bertz CT molecular complexity index is 3130. The van der Waals surface area contributed by atoms with Crippen LogP contribution < -0.4 is 0 Å². The summed E-state index contributed by atoms with van der Waals surface area (Å²) in [6.07, 6.45) is 0. The molecule has 11 aromatic rings. The van der Waals surface area contributed by atoms with Crippen molar-refractivity contribution in [2.75, 3.05) is 0 Å². The van der Waals surface area contributed by atoms with Gasteiger partial charge in [-0.2, -0.15) is 0 Å². The highest BCUT2D eigenvalue weighted by molar-refractivity contribution is 6.28. The summed E-state index contributed by atoms with van der Waals surface area (Å²) in [4.78, 5) is 0. The van der Waals surface area contributed by atoms with E-state index >= 15 is 0 Å². The Hall–Kier alpha value is -6.70. The maximum absolute atomic E-state index is 6.56. The van der Waals surface area contributed by atoms with Gasteiger partial charge in [0.05, 0.1) is 0 Å². The lowest BCUT2D eigenvalue weighted by Gasteiger charge is -2.20. The van der Waals surface area contributed by atoms with Crippen molar-refractivity contribution < 1.29 is 4.42 Å². The van der Waals surface area contributed by atoms with Crippen LogP contribution in [0.4, 0.5) is 0 Å². The van der Waals surface area contributed by atoms with Crippen LogP contribution in [-0.4, -0.2) is 0 Å². The van der Waals surface area contributed by atoms with Gasteiger partial charge in [0.25, 0.3) is 0 Å². The Labute approximate surface area is 294 Å². The molecule has 0 atom stereocenters. The minimum atomic E-state index is 0.908. The van der Waals surface area contributed by atoms with Crippen LogP contribution in [0, 0.1) is 0 Å². The summed E-state index contributed by atoms with van der Waals surface area (Å²) in [6.45, 7) is 0. The molecule has 0 fully saturated rings. The van der Waals surface area contributed by atoms with E-state index in [1.807, 2.05) is 0 Å². The van der Waals surface area contributed by atoms with Crippen molar-refractivity contribution in [1.29, 1.82) is 0 Å². The molecule has 0 amide bonds. The molecule has 0 saturated heterocycles. The molecular formula is C50H30O. The van der Waals surface area contributed by atoms with Crippen molar-refractivity contribution in [1.82, 2.24) is 0 Å². The molecule has 0 aliphatic rings. The first-order valence-corrected chi connectivity index (χ1v) is 17.6. The third kappa shape index (κ3) is 4.16. The molecule has 1 heterocycles. The lowest BCUT2D eigenvalue weighted by atomic mass is 9.83. The molecule has 0 aliphatic heterocycles. The molecule has 1 heteroatoms. The summed E-state index contributed by atoms with van der Waals surface area (Å²) in [5.41, 5.74) is 9.26. The van der Waals surface area contributed by atoms with Crippen LogP contribution >= 0.6 is 0 Å². The van der Waals surface area contributed by atoms with Gasteiger partial charge < -0.3 is 4.42 Å². The normalized spacial score (nSPS) is 11.9. The van der Waals surface area contributed by atoms with Gasteiger partial charge in [0.15, 0.2) is 0 Å². The number of hydrogen-bond acceptors (Lipinski definition) is 1. The third-order valence-corrected chi connectivity index (χ3v) is 10.8. The van der Waals surface area contributed by atoms with E-state index in [2.05, 4.69) is 182 Å². The SMILES string of the molecule is c1ccc(-c2cccc3ccc4c(-c5c6ccccc6c(-c6cccc7oc8cc9ccccc9cc8c67)c6ccccc56)cccc4c23)cc1. The summed E-state index contributed by atoms with van der Waals surface area (Å²) >= 11 is 0. The molecule has 0 N–H and O–H groups in total. The molecule has 11 rings (SSSR count). The fraction of sp³-hybridized carbons (Fsp3) is 0. The van der Waals surface area contributed by atoms with E-state index in [9.17, 15) is 0 Å². The summed E-state index contributed by atoms with van der Waals surface area (Å²) in [5.74, 6) is 0. The van der Waals surface area contributed by atoms with Crippen molar-refractivity contribution in [3.8, 4) is 33.4 Å². The minimum Gasteiger partial charge on any atom is -0.456 e. The van der Waals surface area contributed by atoms with Crippen LogP contribution in [0.2, 0.25) is 0 Å². The molecule has 51 heavy (non-hydrogen) atoms. The van der Waals surface area contributed by atoms with Gasteiger partial charge in [-0.1, -0.05) is 164 Å². The quantitative estimate of drug-likeness (QED) is 0.138. The van der Waals surface area contributed by atoms with Crippen molar-refractivity contribution in [2.45, 2.75) is 0 Å². The second-order valence-corrected chi connectivity index (χ2v) is 13.6. The zero-order chi connectivity index (χ0) is 33.5.